The van der Waals surface area contributed by atoms with Crippen LogP contribution in [-0.2, 0) is 17.9 Å². The lowest BCUT2D eigenvalue weighted by atomic mass is 9.95. The SMILES string of the molecule is Cc1nccn1CCNC(=O)CC(Cn1cccc1)c1ccc(Cl)cc1. The maximum absolute atomic E-state index is 12.5. The van der Waals surface area contributed by atoms with Gasteiger partial charge in [-0.15, -0.1) is 0 Å². The number of amides is 1. The van der Waals surface area contributed by atoms with Gasteiger partial charge in [0, 0.05) is 61.8 Å². The molecule has 3 aromatic rings. The molecule has 0 aliphatic heterocycles. The van der Waals surface area contributed by atoms with E-state index in [9.17, 15) is 4.79 Å². The van der Waals surface area contributed by atoms with Crippen LogP contribution >= 0.6 is 11.6 Å². The van der Waals surface area contributed by atoms with E-state index in [4.69, 9.17) is 11.6 Å². The lowest BCUT2D eigenvalue weighted by Crippen LogP contribution is -2.29. The zero-order valence-corrected chi connectivity index (χ0v) is 15.6. The quantitative estimate of drug-likeness (QED) is 0.658. The molecule has 136 valence electrons. The Hall–Kier alpha value is -2.53. The summed E-state index contributed by atoms with van der Waals surface area (Å²) in [6.45, 7) is 4.02. The molecule has 6 heteroatoms. The van der Waals surface area contributed by atoms with Gasteiger partial charge in [0.2, 0.25) is 5.91 Å². The van der Waals surface area contributed by atoms with E-state index in [0.29, 0.717) is 18.0 Å². The number of carbonyl (C=O) groups excluding carboxylic acids is 1. The molecule has 1 amide bonds. The first-order valence-corrected chi connectivity index (χ1v) is 9.10. The number of carbonyl (C=O) groups is 1. The van der Waals surface area contributed by atoms with E-state index in [0.717, 1.165) is 24.5 Å². The van der Waals surface area contributed by atoms with Gasteiger partial charge in [0.1, 0.15) is 5.82 Å². The molecule has 26 heavy (non-hydrogen) atoms. The van der Waals surface area contributed by atoms with E-state index >= 15 is 0 Å². The average Bonchev–Trinajstić information content (AvgIpc) is 3.27. The first kappa shape index (κ1) is 18.3. The molecule has 3 rings (SSSR count). The van der Waals surface area contributed by atoms with Crippen LogP contribution in [0.5, 0.6) is 0 Å². The Bertz CT molecular complexity index is 824. The molecule has 0 saturated carbocycles. The van der Waals surface area contributed by atoms with Crippen molar-refractivity contribution in [2.45, 2.75) is 32.4 Å². The van der Waals surface area contributed by atoms with Crippen molar-refractivity contribution < 1.29 is 4.79 Å². The number of benzene rings is 1. The van der Waals surface area contributed by atoms with Crippen LogP contribution in [-0.4, -0.2) is 26.6 Å². The predicted molar refractivity (Wildman–Crippen MR) is 103 cm³/mol. The molecular weight excluding hydrogens is 348 g/mol. The molecule has 1 unspecified atom stereocenters. The van der Waals surface area contributed by atoms with Crippen molar-refractivity contribution in [3.63, 3.8) is 0 Å². The number of rotatable bonds is 8. The molecular formula is C20H23ClN4O. The second-order valence-electron chi connectivity index (χ2n) is 6.35. The van der Waals surface area contributed by atoms with E-state index in [1.165, 1.54) is 0 Å². The summed E-state index contributed by atoms with van der Waals surface area (Å²) in [4.78, 5) is 16.7. The van der Waals surface area contributed by atoms with E-state index in [1.54, 1.807) is 6.20 Å². The number of imidazole rings is 1. The fraction of sp³-hybridized carbons (Fsp3) is 0.300. The molecule has 0 spiro atoms. The summed E-state index contributed by atoms with van der Waals surface area (Å²) in [7, 11) is 0. The van der Waals surface area contributed by atoms with Gasteiger partial charge < -0.3 is 14.5 Å². The zero-order valence-electron chi connectivity index (χ0n) is 14.8. The fourth-order valence-electron chi connectivity index (χ4n) is 3.02. The Morgan fingerprint density at radius 2 is 1.92 bits per heavy atom. The average molecular weight is 371 g/mol. The van der Waals surface area contributed by atoms with Crippen LogP contribution < -0.4 is 5.32 Å². The predicted octanol–water partition coefficient (Wildman–Crippen LogP) is 3.64. The third-order valence-corrected chi connectivity index (χ3v) is 4.72. The summed E-state index contributed by atoms with van der Waals surface area (Å²) in [6.07, 6.45) is 8.16. The summed E-state index contributed by atoms with van der Waals surface area (Å²) in [6, 6.07) is 11.7. The summed E-state index contributed by atoms with van der Waals surface area (Å²) in [5.41, 5.74) is 1.11. The standard InChI is InChI=1S/C20H23ClN4O/c1-16-22-8-12-25(16)13-9-23-20(26)14-18(15-24-10-2-3-11-24)17-4-6-19(21)7-5-17/h2-8,10-12,18H,9,13-15H2,1H3,(H,23,26). The highest BCUT2D eigenvalue weighted by molar-refractivity contribution is 6.30. The van der Waals surface area contributed by atoms with Crippen LogP contribution in [0.4, 0.5) is 0 Å². The van der Waals surface area contributed by atoms with Crippen molar-refractivity contribution in [2.75, 3.05) is 6.54 Å². The smallest absolute Gasteiger partial charge is 0.220 e. The van der Waals surface area contributed by atoms with E-state index in [2.05, 4.69) is 14.9 Å². The largest absolute Gasteiger partial charge is 0.354 e. The Balaban J connectivity index is 1.60. The topological polar surface area (TPSA) is 51.9 Å². The van der Waals surface area contributed by atoms with Gasteiger partial charge in [-0.2, -0.15) is 0 Å². The van der Waals surface area contributed by atoms with Crippen LogP contribution in [0.15, 0.2) is 61.2 Å². The van der Waals surface area contributed by atoms with Gasteiger partial charge in [-0.05, 0) is 36.8 Å². The number of nitrogens with zero attached hydrogens (tertiary/aromatic N) is 3. The van der Waals surface area contributed by atoms with E-state index in [1.807, 2.05) is 66.5 Å². The molecule has 0 bridgehead atoms. The van der Waals surface area contributed by atoms with E-state index in [-0.39, 0.29) is 11.8 Å². The Morgan fingerprint density at radius 1 is 1.19 bits per heavy atom. The van der Waals surface area contributed by atoms with Crippen LogP contribution in [0.3, 0.4) is 0 Å². The van der Waals surface area contributed by atoms with Gasteiger partial charge in [0.05, 0.1) is 0 Å². The van der Waals surface area contributed by atoms with Gasteiger partial charge in [0.25, 0.3) is 0 Å². The molecule has 2 heterocycles. The molecule has 2 aromatic heterocycles. The second-order valence-corrected chi connectivity index (χ2v) is 6.79. The lowest BCUT2D eigenvalue weighted by molar-refractivity contribution is -0.121. The molecule has 1 aromatic carbocycles. The number of aromatic nitrogens is 3. The Morgan fingerprint density at radius 3 is 2.58 bits per heavy atom. The van der Waals surface area contributed by atoms with Gasteiger partial charge in [-0.3, -0.25) is 4.79 Å². The van der Waals surface area contributed by atoms with Crippen LogP contribution in [0, 0.1) is 6.92 Å². The summed E-state index contributed by atoms with van der Waals surface area (Å²) >= 11 is 6.00. The zero-order chi connectivity index (χ0) is 18.4. The van der Waals surface area contributed by atoms with Crippen LogP contribution in [0.25, 0.3) is 0 Å². The third kappa shape index (κ3) is 4.99. The fourth-order valence-corrected chi connectivity index (χ4v) is 3.15. The van der Waals surface area contributed by atoms with Gasteiger partial charge >= 0.3 is 0 Å². The maximum Gasteiger partial charge on any atom is 0.220 e. The van der Waals surface area contributed by atoms with Crippen molar-refractivity contribution in [2.24, 2.45) is 0 Å². The maximum atomic E-state index is 12.5. The molecule has 0 saturated heterocycles. The summed E-state index contributed by atoms with van der Waals surface area (Å²) < 4.78 is 4.12. The first-order valence-electron chi connectivity index (χ1n) is 8.72. The van der Waals surface area contributed by atoms with Gasteiger partial charge in [-0.1, -0.05) is 23.7 Å². The molecule has 0 radical (unpaired) electrons. The molecule has 0 aliphatic rings. The lowest BCUT2D eigenvalue weighted by Gasteiger charge is -2.18. The van der Waals surface area contributed by atoms with Crippen molar-refractivity contribution >= 4 is 17.5 Å². The number of aryl methyl sites for hydroxylation is 1. The van der Waals surface area contributed by atoms with Crippen LogP contribution in [0.2, 0.25) is 5.02 Å². The monoisotopic (exact) mass is 370 g/mol. The number of hydrogen-bond donors (Lipinski definition) is 1. The minimum atomic E-state index is 0.0508. The molecule has 0 fully saturated rings. The van der Waals surface area contributed by atoms with Crippen molar-refractivity contribution in [3.8, 4) is 0 Å². The summed E-state index contributed by atoms with van der Waals surface area (Å²) in [5.74, 6) is 1.09. The van der Waals surface area contributed by atoms with Crippen LogP contribution in [0.1, 0.15) is 23.7 Å². The van der Waals surface area contributed by atoms with Gasteiger partial charge in [0.15, 0.2) is 0 Å². The third-order valence-electron chi connectivity index (χ3n) is 4.47. The van der Waals surface area contributed by atoms with Crippen molar-refractivity contribution in [1.82, 2.24) is 19.4 Å². The van der Waals surface area contributed by atoms with Crippen molar-refractivity contribution in [3.05, 3.63) is 77.6 Å². The van der Waals surface area contributed by atoms with Gasteiger partial charge in [-0.25, -0.2) is 4.98 Å². The van der Waals surface area contributed by atoms with Crippen molar-refractivity contribution in [1.29, 1.82) is 0 Å². The highest BCUT2D eigenvalue weighted by atomic mass is 35.5. The normalized spacial score (nSPS) is 12.1. The molecule has 1 N–H and O–H groups in total. The molecule has 5 nitrogen and oxygen atoms in total. The number of nitrogens with one attached hydrogen (secondary N) is 1. The molecule has 0 aliphatic carbocycles. The number of halogens is 1. The Kier molecular flexibility index (Phi) is 6.12. The number of hydrogen-bond acceptors (Lipinski definition) is 2. The minimum Gasteiger partial charge on any atom is -0.354 e. The first-order chi connectivity index (χ1) is 12.6. The highest BCUT2D eigenvalue weighted by Gasteiger charge is 2.16. The summed E-state index contributed by atoms with van der Waals surface area (Å²) in [5, 5.41) is 3.72. The molecule has 1 atom stereocenters. The highest BCUT2D eigenvalue weighted by Crippen LogP contribution is 2.23. The minimum absolute atomic E-state index is 0.0508. The van der Waals surface area contributed by atoms with E-state index < -0.39 is 0 Å². The second kappa shape index (κ2) is 8.72. The Labute approximate surface area is 158 Å².